The van der Waals surface area contributed by atoms with E-state index in [9.17, 15) is 97.3 Å². The van der Waals surface area contributed by atoms with Gasteiger partial charge >= 0.3 is 30.1 Å². The van der Waals surface area contributed by atoms with Crippen molar-refractivity contribution in [3.05, 3.63) is 262 Å². The Morgan fingerprint density at radius 2 is 0.806 bits per heavy atom. The second-order valence-corrected chi connectivity index (χ2v) is 29.6. The number of aromatic hydroxyl groups is 2. The highest BCUT2D eigenvalue weighted by Crippen LogP contribution is 2.40. The molecule has 6 amide bonds. The van der Waals surface area contributed by atoms with E-state index in [0.29, 0.717) is 37.3 Å². The highest BCUT2D eigenvalue weighted by molar-refractivity contribution is 7.15. The topological polar surface area (TPSA) is 616 Å². The predicted molar refractivity (Wildman–Crippen MR) is 487 cm³/mol. The van der Waals surface area contributed by atoms with Gasteiger partial charge in [-0.1, -0.05) is 133 Å². The summed E-state index contributed by atoms with van der Waals surface area (Å²) in [6, 6.07) is 43.3. The van der Waals surface area contributed by atoms with E-state index in [2.05, 4.69) is 61.1 Å². The Morgan fingerprint density at radius 3 is 1.24 bits per heavy atom. The maximum atomic E-state index is 13.8. The summed E-state index contributed by atoms with van der Waals surface area (Å²) >= 11 is 4.53. The van der Waals surface area contributed by atoms with Gasteiger partial charge in [0.15, 0.2) is 46.7 Å². The van der Waals surface area contributed by atoms with E-state index in [-0.39, 0.29) is 139 Å². The molecule has 0 bridgehead atoms. The zero-order valence-electron chi connectivity index (χ0n) is 67.2. The summed E-state index contributed by atoms with van der Waals surface area (Å²) < 4.78 is 63.9. The first kappa shape index (κ1) is 107. The Morgan fingerprint density at radius 1 is 0.418 bits per heavy atom. The normalized spacial score (nSPS) is 10.2. The van der Waals surface area contributed by atoms with Gasteiger partial charge in [-0.05, 0) is 98.4 Å². The van der Waals surface area contributed by atoms with Gasteiger partial charge in [-0.2, -0.15) is 9.97 Å². The molecule has 0 spiro atoms. The Bertz CT molecular complexity index is 6330. The van der Waals surface area contributed by atoms with E-state index < -0.39 is 135 Å². The van der Waals surface area contributed by atoms with Crippen molar-refractivity contribution in [1.82, 2.24) is 50.8 Å². The quantitative estimate of drug-likeness (QED) is 0.0103. The fourth-order valence-corrected chi connectivity index (χ4v) is 14.0. The molecule has 706 valence electrons. The molecule has 13 rings (SSSR count). The van der Waals surface area contributed by atoms with Gasteiger partial charge in [-0.25, -0.2) is 63.6 Å². The monoisotopic (exact) mass is 1930 g/mol. The molecule has 47 heteroatoms. The summed E-state index contributed by atoms with van der Waals surface area (Å²) in [6.07, 6.45) is -4.58. The number of ether oxygens (including phenoxy) is 7. The molecule has 17 N–H and O–H groups in total. The van der Waals surface area contributed by atoms with Crippen molar-refractivity contribution in [2.45, 2.75) is 94.7 Å². The number of H-pyrrole nitrogens is 2. The van der Waals surface area contributed by atoms with Crippen LogP contribution in [-0.4, -0.2) is 154 Å². The lowest BCUT2D eigenvalue weighted by Gasteiger charge is -2.13. The molecule has 8 heterocycles. The smallest absolute Gasteiger partial charge is 0.412 e. The molecular formula is C87H88F2N14O27S4. The van der Waals surface area contributed by atoms with Crippen LogP contribution in [0.2, 0.25) is 0 Å². The van der Waals surface area contributed by atoms with E-state index in [1.165, 1.54) is 53.9 Å². The van der Waals surface area contributed by atoms with E-state index in [1.807, 2.05) is 91.0 Å². The number of carboxylic acid groups (broad SMARTS) is 3. The number of methoxy groups -OCH3 is 2. The molecule has 5 aromatic carbocycles. The van der Waals surface area contributed by atoms with Crippen molar-refractivity contribution in [2.75, 3.05) is 35.5 Å². The highest BCUT2D eigenvalue weighted by Gasteiger charge is 2.29. The van der Waals surface area contributed by atoms with Gasteiger partial charge in [0, 0.05) is 31.2 Å². The largest absolute Gasteiger partial charge is 0.501 e. The number of aromatic amines is 2. The lowest BCUT2D eigenvalue weighted by molar-refractivity contribution is -0.131. The van der Waals surface area contributed by atoms with Gasteiger partial charge in [0.25, 0.3) is 22.9 Å². The zero-order valence-corrected chi connectivity index (χ0v) is 70.5. The van der Waals surface area contributed by atoms with Gasteiger partial charge in [-0.15, -0.1) is 45.3 Å². The van der Waals surface area contributed by atoms with Crippen LogP contribution in [0.3, 0.4) is 0 Å². The number of carboxylic acids is 3. The standard InChI is InChI=1S/C24H19N3O6S.C21H20N4O8S.C20H18F2N4O7S.C18H15N3O6S.4CH4/c28-19-18(23(29)30)26-21(27-22(19)32-13-15-7-3-1-4-8-15)20-17(11-12-34-20)25-24(31)33-14-16-9-5-2-6-10-16;1-32-12-4-2-11(3-5-12)10-33-17-16(21(29)30)23-19(24-20(17)28)18-13(8-9-34-18)22-14(26)6-7-15(27)25-31;21-10-1-2-11(22)9(7-10)8-33-16-15(20(30)31)24-18(25-19(16)29)17-12(5-6-34-17)23-13(27)3-4-14(28)26-32;1-26-16-13(22)12(17(23)24)20-15(21-16)14-11(7-8-28-14)19-18(25)27-9-10-5-3-2-4-6-10;;;;/h1-12,28H,13-14H2,(H,25,31)(H,29,30);2-5,8-9,31H,6-7,10H2,1H3,(H,22,26)(H,25,27)(H,29,30)(H,23,24,28);1-2,5-7,20,30-32H,3-4,8H2,(H,23,27)(H,26,28)(H,24,25,29);2-8,22H,9H2,1H3,(H,19,25)(H,23,24);4*1H4. The minimum absolute atomic E-state index is 0. The minimum Gasteiger partial charge on any atom is -0.501 e. The number of hydrogen-bond acceptors (Lipinski definition) is 34. The molecular weight excluding hydrogens is 1840 g/mol. The van der Waals surface area contributed by atoms with Crippen LogP contribution in [0.4, 0.5) is 41.1 Å². The van der Waals surface area contributed by atoms with E-state index in [1.54, 1.807) is 64.0 Å². The van der Waals surface area contributed by atoms with E-state index in [0.717, 1.165) is 57.6 Å². The van der Waals surface area contributed by atoms with Gasteiger partial charge in [0.1, 0.15) is 56.1 Å². The number of aliphatic hydroxyl groups is 2. The number of nitrogens with one attached hydrogen (secondary N) is 8. The molecule has 13 aromatic rings. The highest BCUT2D eigenvalue weighted by atomic mass is 32.1. The average Bonchev–Trinajstić information content (AvgIpc) is 1.55. The molecule has 0 aliphatic rings. The number of benzene rings is 5. The molecule has 0 aliphatic heterocycles. The van der Waals surface area contributed by atoms with Gasteiger partial charge < -0.3 is 89.5 Å². The van der Waals surface area contributed by atoms with Crippen molar-refractivity contribution < 1.29 is 131 Å². The van der Waals surface area contributed by atoms with Crippen molar-refractivity contribution >= 4 is 122 Å². The van der Waals surface area contributed by atoms with Crippen LogP contribution in [0.5, 0.6) is 40.5 Å². The summed E-state index contributed by atoms with van der Waals surface area (Å²) in [5.41, 5.74) is 2.81. The number of thiophene rings is 4. The van der Waals surface area contributed by atoms with Crippen LogP contribution in [0.25, 0.3) is 42.8 Å². The van der Waals surface area contributed by atoms with E-state index in [4.69, 9.17) is 43.6 Å². The SMILES string of the molecule is C.C.C.C.COc1ccc(COc2c(C(=O)O)nc(-c3sccc3NC(=O)CCC(=O)NO)[nH]c2=O)cc1.COc1nc(-c2sccc2NC(=O)OCc2ccccc2)nc(C(=O)O)c1O.O=C(CCC(=O)Nc1ccsc1-c1nc(C(O)O)c(OCc2cc(F)ccc2F)c(=O)[nH]1)NO.O=C(Nc1ccsc1-c1nc(OCc2ccccc2)c(O)c(C(=O)O)n1)OCc1ccccc1. The number of anilines is 4. The fourth-order valence-electron chi connectivity index (χ4n) is 10.8. The molecule has 0 saturated heterocycles. The Balaban J connectivity index is 0.000000273. The average molecular weight is 1930 g/mol. The number of rotatable bonds is 33. The molecule has 0 unspecified atom stereocenters. The zero-order chi connectivity index (χ0) is 93.5. The summed E-state index contributed by atoms with van der Waals surface area (Å²) in [4.78, 5) is 161. The lowest BCUT2D eigenvalue weighted by Crippen LogP contribution is -2.21. The summed E-state index contributed by atoms with van der Waals surface area (Å²) in [6.45, 7) is -0.419. The molecule has 0 fully saturated rings. The summed E-state index contributed by atoms with van der Waals surface area (Å²) in [7, 11) is 2.77. The number of hydrogen-bond donors (Lipinski definition) is 17. The van der Waals surface area contributed by atoms with Crippen LogP contribution >= 0.6 is 45.3 Å². The number of aromatic carboxylic acids is 3. The van der Waals surface area contributed by atoms with Crippen LogP contribution in [0.15, 0.2) is 189 Å². The van der Waals surface area contributed by atoms with Crippen molar-refractivity contribution in [2.24, 2.45) is 0 Å². The Kier molecular flexibility index (Phi) is 41.4. The number of amides is 6. The van der Waals surface area contributed by atoms with E-state index >= 15 is 0 Å². The molecule has 8 aromatic heterocycles. The number of halogens is 2. The molecule has 41 nitrogen and oxygen atoms in total. The number of nitrogens with zero attached hydrogens (tertiary/aromatic N) is 6. The number of aromatic nitrogens is 8. The predicted octanol–water partition coefficient (Wildman–Crippen LogP) is 14.4. The second kappa shape index (κ2) is 52.0. The molecule has 134 heavy (non-hydrogen) atoms. The Hall–Kier alpha value is -16.1. The summed E-state index contributed by atoms with van der Waals surface area (Å²) in [5, 5.41) is 102. The molecule has 0 saturated carbocycles. The first-order valence-corrected chi connectivity index (χ1v) is 40.9. The van der Waals surface area contributed by atoms with Gasteiger partial charge in [0.2, 0.25) is 46.6 Å². The maximum absolute atomic E-state index is 13.8. The number of hydroxylamine groups is 2. The third-order valence-electron chi connectivity index (χ3n) is 17.0. The number of carbonyl (C=O) groups excluding carboxylic acids is 6. The third-order valence-corrected chi connectivity index (χ3v) is 20.7. The first-order chi connectivity index (χ1) is 62.5. The molecule has 0 aliphatic carbocycles. The number of carbonyl (C=O) groups is 9. The fraction of sp³-hybridized carbons (Fsp3) is 0.184. The lowest BCUT2D eigenvalue weighted by atomic mass is 10.2. The van der Waals surface area contributed by atoms with Crippen LogP contribution in [-0.2, 0) is 61.7 Å². The van der Waals surface area contributed by atoms with Crippen LogP contribution < -0.4 is 67.0 Å². The third kappa shape index (κ3) is 30.0. The van der Waals surface area contributed by atoms with Gasteiger partial charge in [-0.3, -0.25) is 49.8 Å². The van der Waals surface area contributed by atoms with Gasteiger partial charge in [0.05, 0.1) is 56.5 Å². The van der Waals surface area contributed by atoms with Crippen molar-refractivity contribution in [1.29, 1.82) is 0 Å². The second-order valence-electron chi connectivity index (χ2n) is 25.9. The minimum atomic E-state index is -2.25. The number of aliphatic hydroxyl groups excluding tert-OH is 1. The van der Waals surface area contributed by atoms with Crippen LogP contribution in [0.1, 0.15) is 127 Å². The summed E-state index contributed by atoms with van der Waals surface area (Å²) in [5.74, 6) is -11.0. The van der Waals surface area contributed by atoms with Crippen LogP contribution in [0, 0.1) is 11.6 Å². The maximum Gasteiger partial charge on any atom is 0.412 e. The molecule has 0 atom stereocenters. The first-order valence-electron chi connectivity index (χ1n) is 37.3. The molecule has 0 radical (unpaired) electrons. The Labute approximate surface area is 775 Å². The van der Waals surface area contributed by atoms with Crippen molar-refractivity contribution in [3.63, 3.8) is 0 Å². The van der Waals surface area contributed by atoms with Crippen molar-refractivity contribution in [3.8, 4) is 83.3 Å².